The Kier molecular flexibility index (Phi) is 10.7. The number of allylic oxidation sites excluding steroid dienone is 2. The third-order valence-electron chi connectivity index (χ3n) is 17.2. The third kappa shape index (κ3) is 6.25. The summed E-state index contributed by atoms with van der Waals surface area (Å²) in [4.78, 5) is 51.1. The van der Waals surface area contributed by atoms with E-state index in [0.29, 0.717) is 38.5 Å². The number of ether oxygens (including phenoxy) is 4. The van der Waals surface area contributed by atoms with E-state index in [1.807, 2.05) is 26.8 Å². The van der Waals surface area contributed by atoms with Crippen molar-refractivity contribution in [3.8, 4) is 0 Å². The number of carboxylic acid groups (broad SMARTS) is 3. The first-order valence-electron chi connectivity index (χ1n) is 20.7. The minimum atomic E-state index is -2.15. The third-order valence-corrected chi connectivity index (χ3v) is 17.2. The zero-order valence-electron chi connectivity index (χ0n) is 34.3. The molecule has 5 aliphatic carbocycles. The van der Waals surface area contributed by atoms with Crippen LogP contribution in [0, 0.1) is 50.2 Å². The van der Waals surface area contributed by atoms with Crippen molar-refractivity contribution in [2.24, 2.45) is 50.2 Å². The molecule has 6 fully saturated rings. The number of carbonyl (C=O) groups excluding carboxylic acids is 3. The van der Waals surface area contributed by atoms with Gasteiger partial charge in [-0.3, -0.25) is 9.59 Å². The molecule has 7 rings (SSSR count). The van der Waals surface area contributed by atoms with Gasteiger partial charge in [-0.15, -0.1) is 0 Å². The topological polar surface area (TPSA) is 273 Å². The molecule has 0 amide bonds. The fraction of sp³-hybridized carbons (Fsp3) is 0.857. The van der Waals surface area contributed by atoms with Crippen molar-refractivity contribution in [1.82, 2.24) is 0 Å². The number of hydrogen-bond acceptors (Lipinski definition) is 15. The molecule has 58 heavy (non-hydrogen) atoms. The van der Waals surface area contributed by atoms with Crippen LogP contribution in [0.15, 0.2) is 11.6 Å². The van der Waals surface area contributed by atoms with Crippen molar-refractivity contribution in [3.05, 3.63) is 11.6 Å². The number of fused-ring (bicyclic) bond motifs is 7. The van der Waals surface area contributed by atoms with E-state index in [9.17, 15) is 60.0 Å². The standard InChI is InChI=1S/C42H62O16/c1-37(2)21-8-11-42(7)31(20(43)16-18-19-17-39(4,36(53)54)13-12-38(19,3)14-15-41(18,42)6)40(21,5)10-9-22(37)55-35-30(26(47)25(46)29(57-35)33(51)52)58-34-27(48)23(44)24(45)28(56-34)32(49)50/h16,19,21-31,34-35,44-48H,8-15,17H2,1-7H3,(H,49,50)(H,51,52)(H,53,54)/p-2/t19-,21+,22+,23-,24+,25+,26-,27?,28?,29?,30?,31-,34+,35+,38-,39+,40+,41-,42-/m1/s1. The Morgan fingerprint density at radius 2 is 1.31 bits per heavy atom. The van der Waals surface area contributed by atoms with Crippen LogP contribution in [0.2, 0.25) is 0 Å². The molecule has 19 atom stereocenters. The number of aliphatic carboxylic acids is 3. The summed E-state index contributed by atoms with van der Waals surface area (Å²) < 4.78 is 23.1. The van der Waals surface area contributed by atoms with E-state index in [1.165, 1.54) is 0 Å². The van der Waals surface area contributed by atoms with E-state index >= 15 is 0 Å². The van der Waals surface area contributed by atoms with Gasteiger partial charge in [0, 0.05) is 5.92 Å². The van der Waals surface area contributed by atoms with Crippen LogP contribution in [-0.4, -0.2) is 122 Å². The first kappa shape index (κ1) is 43.5. The minimum Gasteiger partial charge on any atom is -0.547 e. The highest BCUT2D eigenvalue weighted by molar-refractivity contribution is 5.95. The van der Waals surface area contributed by atoms with Gasteiger partial charge >= 0.3 is 5.97 Å². The molecule has 0 aromatic rings. The quantitative estimate of drug-likeness (QED) is 0.178. The van der Waals surface area contributed by atoms with Crippen LogP contribution in [-0.2, 0) is 38.1 Å². The van der Waals surface area contributed by atoms with Crippen molar-refractivity contribution in [3.63, 3.8) is 0 Å². The lowest BCUT2D eigenvalue weighted by Gasteiger charge is -2.70. The van der Waals surface area contributed by atoms with Crippen molar-refractivity contribution >= 4 is 23.7 Å². The van der Waals surface area contributed by atoms with Gasteiger partial charge in [0.25, 0.3) is 0 Å². The summed E-state index contributed by atoms with van der Waals surface area (Å²) in [7, 11) is 0. The molecule has 0 aromatic heterocycles. The Bertz CT molecular complexity index is 1730. The van der Waals surface area contributed by atoms with Crippen LogP contribution in [0.25, 0.3) is 0 Å². The molecule has 4 unspecified atom stereocenters. The van der Waals surface area contributed by atoms with E-state index in [0.717, 1.165) is 24.8 Å². The summed E-state index contributed by atoms with van der Waals surface area (Å²) in [6, 6.07) is 0. The average Bonchev–Trinajstić information content (AvgIpc) is 3.13. The van der Waals surface area contributed by atoms with Crippen LogP contribution in [0.1, 0.15) is 106 Å². The zero-order valence-corrected chi connectivity index (χ0v) is 34.3. The van der Waals surface area contributed by atoms with Gasteiger partial charge in [0.1, 0.15) is 48.8 Å². The van der Waals surface area contributed by atoms with Gasteiger partial charge in [-0.25, -0.2) is 0 Å². The van der Waals surface area contributed by atoms with E-state index in [4.69, 9.17) is 18.9 Å². The molecule has 326 valence electrons. The van der Waals surface area contributed by atoms with Crippen LogP contribution >= 0.6 is 0 Å². The molecule has 0 bridgehead atoms. The number of rotatable bonds is 7. The number of carboxylic acids is 3. The smallest absolute Gasteiger partial charge is 0.309 e. The molecule has 2 aliphatic heterocycles. The maximum absolute atomic E-state index is 14.8. The summed E-state index contributed by atoms with van der Waals surface area (Å²) in [6.45, 7) is 14.8. The van der Waals surface area contributed by atoms with Crippen molar-refractivity contribution in [1.29, 1.82) is 0 Å². The number of hydrogen-bond donors (Lipinski definition) is 6. The van der Waals surface area contributed by atoms with Crippen molar-refractivity contribution in [2.45, 2.75) is 174 Å². The van der Waals surface area contributed by atoms with Gasteiger partial charge in [0.05, 0.1) is 23.5 Å². The highest BCUT2D eigenvalue weighted by Gasteiger charge is 2.71. The summed E-state index contributed by atoms with van der Waals surface area (Å²) in [5, 5.41) is 87.1. The van der Waals surface area contributed by atoms with Crippen molar-refractivity contribution in [2.75, 3.05) is 0 Å². The monoisotopic (exact) mass is 820 g/mol. The largest absolute Gasteiger partial charge is 0.547 e. The lowest BCUT2D eigenvalue weighted by Crippen LogP contribution is -2.68. The Morgan fingerprint density at radius 3 is 1.91 bits per heavy atom. The highest BCUT2D eigenvalue weighted by Crippen LogP contribution is 2.75. The number of aliphatic hydroxyl groups is 5. The molecular formula is C42H60O16-2. The maximum atomic E-state index is 14.8. The molecular weight excluding hydrogens is 760 g/mol. The normalized spacial score (nSPS) is 52.6. The van der Waals surface area contributed by atoms with Gasteiger partial charge in [0.15, 0.2) is 18.4 Å². The molecule has 2 saturated heterocycles. The lowest BCUT2D eigenvalue weighted by molar-refractivity contribution is -0.391. The first-order valence-corrected chi connectivity index (χ1v) is 20.7. The van der Waals surface area contributed by atoms with Gasteiger partial charge in [-0.2, -0.15) is 0 Å². The lowest BCUT2D eigenvalue weighted by atomic mass is 9.33. The molecule has 0 radical (unpaired) electrons. The van der Waals surface area contributed by atoms with Gasteiger partial charge in [0.2, 0.25) is 0 Å². The number of carbonyl (C=O) groups is 4. The summed E-state index contributed by atoms with van der Waals surface area (Å²) >= 11 is 0. The predicted octanol–water partition coefficient (Wildman–Crippen LogP) is -0.424. The molecule has 16 nitrogen and oxygen atoms in total. The summed E-state index contributed by atoms with van der Waals surface area (Å²) in [6.07, 6.45) is -13.1. The van der Waals surface area contributed by atoms with E-state index in [-0.39, 0.29) is 34.4 Å². The Morgan fingerprint density at radius 1 is 0.724 bits per heavy atom. The fourth-order valence-corrected chi connectivity index (χ4v) is 13.4. The van der Waals surface area contributed by atoms with E-state index in [2.05, 4.69) is 27.7 Å². The van der Waals surface area contributed by atoms with Crippen LogP contribution in [0.5, 0.6) is 0 Å². The molecule has 0 spiro atoms. The molecule has 16 heteroatoms. The van der Waals surface area contributed by atoms with Crippen molar-refractivity contribution < 1.29 is 79.0 Å². The molecule has 7 aliphatic rings. The maximum Gasteiger partial charge on any atom is 0.309 e. The number of aliphatic hydroxyl groups excluding tert-OH is 5. The van der Waals surface area contributed by atoms with Gasteiger partial charge in [-0.1, -0.05) is 47.1 Å². The van der Waals surface area contributed by atoms with E-state index < -0.39 is 107 Å². The van der Waals surface area contributed by atoms with Gasteiger partial charge < -0.3 is 69.4 Å². The minimum absolute atomic E-state index is 0.0292. The van der Waals surface area contributed by atoms with E-state index in [1.54, 1.807) is 0 Å². The predicted molar refractivity (Wildman–Crippen MR) is 194 cm³/mol. The fourth-order valence-electron chi connectivity index (χ4n) is 13.4. The second-order valence-electron chi connectivity index (χ2n) is 20.6. The summed E-state index contributed by atoms with van der Waals surface area (Å²) in [5.74, 6) is -5.04. The molecule has 2 heterocycles. The highest BCUT2D eigenvalue weighted by atomic mass is 16.8. The molecule has 4 saturated carbocycles. The second kappa shape index (κ2) is 14.3. The Hall–Kier alpha value is -2.54. The molecule has 0 aromatic carbocycles. The SMILES string of the molecule is CC1(C)[C@@H](O[C@H]2OC(C(=O)[O-])[C@@H](O)[C@@H](O)C2O[C@@H]2OC(C(=O)[O-])[C@@H](O)[C@@H](O)C2O)CC[C@]2(C)[C@H]3C(=O)C=C4[C@H]5C[C@@](C)(C(=O)O)CC[C@]5(C)CC[C@@]4(C)[C@]3(C)CC[C@@H]12. The van der Waals surface area contributed by atoms with Crippen LogP contribution in [0.4, 0.5) is 0 Å². The number of ketones is 1. The summed E-state index contributed by atoms with van der Waals surface area (Å²) in [5.41, 5.74) is -1.89. The van der Waals surface area contributed by atoms with Gasteiger partial charge in [-0.05, 0) is 110 Å². The first-order chi connectivity index (χ1) is 26.8. The second-order valence-corrected chi connectivity index (χ2v) is 20.6. The Labute approximate surface area is 337 Å². The Balaban J connectivity index is 1.17. The van der Waals surface area contributed by atoms with Crippen LogP contribution in [0.3, 0.4) is 0 Å². The zero-order chi connectivity index (χ0) is 42.9. The average molecular weight is 821 g/mol. The van der Waals surface area contributed by atoms with Crippen LogP contribution < -0.4 is 10.2 Å². The molecule has 6 N–H and O–H groups in total.